The maximum atomic E-state index is 9.96. The van der Waals surface area contributed by atoms with Crippen LogP contribution < -0.4 is 0 Å². The first-order valence-corrected chi connectivity index (χ1v) is 5.41. The minimum Gasteiger partial charge on any atom is -0.384 e. The Bertz CT molecular complexity index is 479. The highest BCUT2D eigenvalue weighted by Crippen LogP contribution is 2.23. The fraction of sp³-hybridized carbons (Fsp3) is 0.417. The molecule has 0 bridgehead atoms. The van der Waals surface area contributed by atoms with Crippen molar-refractivity contribution in [2.45, 2.75) is 13.0 Å². The van der Waals surface area contributed by atoms with E-state index in [2.05, 4.69) is 5.10 Å². The summed E-state index contributed by atoms with van der Waals surface area (Å²) < 4.78 is 6.99. The minimum absolute atomic E-state index is 0.289. The van der Waals surface area contributed by atoms with Crippen LogP contribution in [0.3, 0.4) is 0 Å². The summed E-state index contributed by atoms with van der Waals surface area (Å²) in [5.41, 5.74) is 1.71. The van der Waals surface area contributed by atoms with Gasteiger partial charge in [0.2, 0.25) is 0 Å². The zero-order valence-corrected chi connectivity index (χ0v) is 9.55. The number of aromatic nitrogens is 2. The Morgan fingerprint density at radius 3 is 2.94 bits per heavy atom. The number of aliphatic hydroxyl groups is 1. The Labute approximate surface area is 94.5 Å². The molecule has 0 spiro atoms. The van der Waals surface area contributed by atoms with Crippen LogP contribution in [0.5, 0.6) is 0 Å². The molecule has 0 fully saturated rings. The first-order valence-electron chi connectivity index (χ1n) is 5.41. The number of hydrogen-bond acceptors (Lipinski definition) is 3. The van der Waals surface area contributed by atoms with Crippen LogP contribution in [0.4, 0.5) is 0 Å². The van der Waals surface area contributed by atoms with Crippen molar-refractivity contribution in [1.29, 1.82) is 0 Å². The lowest BCUT2D eigenvalue weighted by atomic mass is 10.1. The number of benzene rings is 1. The molecule has 0 saturated carbocycles. The molecule has 0 aliphatic rings. The van der Waals surface area contributed by atoms with Gasteiger partial charge < -0.3 is 9.84 Å². The monoisotopic (exact) mass is 220 g/mol. The second kappa shape index (κ2) is 4.63. The summed E-state index contributed by atoms with van der Waals surface area (Å²) in [4.78, 5) is 0. The SMILES string of the molecule is CCOCC(O)c1nn(C)c2ccccc12. The van der Waals surface area contributed by atoms with Crippen LogP contribution in [0.1, 0.15) is 18.7 Å². The largest absolute Gasteiger partial charge is 0.384 e. The fourth-order valence-electron chi connectivity index (χ4n) is 1.80. The molecule has 0 saturated heterocycles. The van der Waals surface area contributed by atoms with Gasteiger partial charge in [-0.3, -0.25) is 4.68 Å². The molecule has 1 unspecified atom stereocenters. The summed E-state index contributed by atoms with van der Waals surface area (Å²) >= 11 is 0. The van der Waals surface area contributed by atoms with E-state index in [-0.39, 0.29) is 6.61 Å². The van der Waals surface area contributed by atoms with Crippen molar-refractivity contribution in [1.82, 2.24) is 9.78 Å². The molecule has 2 aromatic rings. The highest BCUT2D eigenvalue weighted by molar-refractivity contribution is 5.82. The number of aliphatic hydroxyl groups excluding tert-OH is 1. The second-order valence-corrected chi connectivity index (χ2v) is 3.70. The zero-order valence-electron chi connectivity index (χ0n) is 9.55. The van der Waals surface area contributed by atoms with Gasteiger partial charge in [-0.1, -0.05) is 18.2 Å². The lowest BCUT2D eigenvalue weighted by Crippen LogP contribution is -2.08. The first-order chi connectivity index (χ1) is 7.74. The van der Waals surface area contributed by atoms with Gasteiger partial charge in [0.25, 0.3) is 0 Å². The predicted octanol–water partition coefficient (Wildman–Crippen LogP) is 1.64. The van der Waals surface area contributed by atoms with Crippen LogP contribution in [0.25, 0.3) is 10.9 Å². The van der Waals surface area contributed by atoms with Crippen LogP contribution in [0.15, 0.2) is 24.3 Å². The summed E-state index contributed by atoms with van der Waals surface area (Å²) in [6.45, 7) is 2.79. The summed E-state index contributed by atoms with van der Waals surface area (Å²) in [5, 5.41) is 15.3. The van der Waals surface area contributed by atoms with Crippen LogP contribution in [0.2, 0.25) is 0 Å². The molecule has 0 amide bonds. The molecular weight excluding hydrogens is 204 g/mol. The summed E-state index contributed by atoms with van der Waals surface area (Å²) in [5.74, 6) is 0. The lowest BCUT2D eigenvalue weighted by molar-refractivity contribution is 0.0402. The minimum atomic E-state index is -0.661. The Morgan fingerprint density at radius 2 is 2.19 bits per heavy atom. The van der Waals surface area contributed by atoms with Crippen LogP contribution in [-0.4, -0.2) is 28.1 Å². The Balaban J connectivity index is 2.37. The molecule has 1 heterocycles. The van der Waals surface area contributed by atoms with Gasteiger partial charge in [0.05, 0.1) is 12.1 Å². The van der Waals surface area contributed by atoms with Crippen molar-refractivity contribution in [3.8, 4) is 0 Å². The molecule has 1 aromatic carbocycles. The summed E-state index contributed by atoms with van der Waals surface area (Å²) in [7, 11) is 1.87. The van der Waals surface area contributed by atoms with E-state index in [9.17, 15) is 5.11 Å². The van der Waals surface area contributed by atoms with Crippen molar-refractivity contribution in [2.24, 2.45) is 7.05 Å². The number of aryl methyl sites for hydroxylation is 1. The normalized spacial score (nSPS) is 13.2. The number of nitrogens with zero attached hydrogens (tertiary/aromatic N) is 2. The molecule has 1 aromatic heterocycles. The van der Waals surface area contributed by atoms with Crippen molar-refractivity contribution in [3.05, 3.63) is 30.0 Å². The quantitative estimate of drug-likeness (QED) is 0.852. The number of ether oxygens (including phenoxy) is 1. The molecule has 16 heavy (non-hydrogen) atoms. The van der Waals surface area contributed by atoms with Gasteiger partial charge >= 0.3 is 0 Å². The van der Waals surface area contributed by atoms with Gasteiger partial charge in [0.1, 0.15) is 11.8 Å². The Hall–Kier alpha value is -1.39. The van der Waals surface area contributed by atoms with E-state index in [1.54, 1.807) is 4.68 Å². The van der Waals surface area contributed by atoms with E-state index in [1.165, 1.54) is 0 Å². The molecule has 4 heteroatoms. The van der Waals surface area contributed by atoms with Gasteiger partial charge in [-0.05, 0) is 13.0 Å². The number of hydrogen-bond donors (Lipinski definition) is 1. The van der Waals surface area contributed by atoms with E-state index in [0.717, 1.165) is 10.9 Å². The second-order valence-electron chi connectivity index (χ2n) is 3.70. The Kier molecular flexibility index (Phi) is 3.22. The summed E-state index contributed by atoms with van der Waals surface area (Å²) in [6.07, 6.45) is -0.661. The van der Waals surface area contributed by atoms with Crippen molar-refractivity contribution in [2.75, 3.05) is 13.2 Å². The third-order valence-electron chi connectivity index (χ3n) is 2.58. The number of fused-ring (bicyclic) bond motifs is 1. The molecule has 86 valence electrons. The first kappa shape index (κ1) is 11.1. The maximum Gasteiger partial charge on any atom is 0.122 e. The van der Waals surface area contributed by atoms with E-state index >= 15 is 0 Å². The van der Waals surface area contributed by atoms with Gasteiger partial charge in [0.15, 0.2) is 0 Å². The van der Waals surface area contributed by atoms with Crippen LogP contribution >= 0.6 is 0 Å². The van der Waals surface area contributed by atoms with Gasteiger partial charge in [-0.25, -0.2) is 0 Å². The van der Waals surface area contributed by atoms with E-state index in [0.29, 0.717) is 12.3 Å². The third-order valence-corrected chi connectivity index (χ3v) is 2.58. The average Bonchev–Trinajstić information content (AvgIpc) is 2.65. The molecular formula is C12H16N2O2. The van der Waals surface area contributed by atoms with Gasteiger partial charge in [0, 0.05) is 19.0 Å². The average molecular weight is 220 g/mol. The smallest absolute Gasteiger partial charge is 0.122 e. The zero-order chi connectivity index (χ0) is 11.5. The number of para-hydroxylation sites is 1. The van der Waals surface area contributed by atoms with Crippen molar-refractivity contribution in [3.63, 3.8) is 0 Å². The molecule has 0 aliphatic carbocycles. The van der Waals surface area contributed by atoms with Crippen LogP contribution in [0, 0.1) is 0 Å². The van der Waals surface area contributed by atoms with E-state index in [1.807, 2.05) is 38.2 Å². The van der Waals surface area contributed by atoms with Crippen molar-refractivity contribution >= 4 is 10.9 Å². The predicted molar refractivity (Wildman–Crippen MR) is 62.2 cm³/mol. The van der Waals surface area contributed by atoms with Gasteiger partial charge in [-0.2, -0.15) is 5.10 Å². The highest BCUT2D eigenvalue weighted by Gasteiger charge is 2.16. The topological polar surface area (TPSA) is 47.3 Å². The molecule has 0 aliphatic heterocycles. The van der Waals surface area contributed by atoms with Crippen LogP contribution in [-0.2, 0) is 11.8 Å². The number of rotatable bonds is 4. The molecule has 4 nitrogen and oxygen atoms in total. The molecule has 0 radical (unpaired) electrons. The van der Waals surface area contributed by atoms with Gasteiger partial charge in [-0.15, -0.1) is 0 Å². The van der Waals surface area contributed by atoms with E-state index in [4.69, 9.17) is 4.74 Å². The van der Waals surface area contributed by atoms with E-state index < -0.39 is 6.10 Å². The lowest BCUT2D eigenvalue weighted by Gasteiger charge is -2.07. The molecule has 1 N–H and O–H groups in total. The fourth-order valence-corrected chi connectivity index (χ4v) is 1.80. The molecule has 1 atom stereocenters. The standard InChI is InChI=1S/C12H16N2O2/c1-3-16-8-11(15)12-9-6-4-5-7-10(9)14(2)13-12/h4-7,11,15H,3,8H2,1-2H3. The maximum absolute atomic E-state index is 9.96. The highest BCUT2D eigenvalue weighted by atomic mass is 16.5. The summed E-state index contributed by atoms with van der Waals surface area (Å²) in [6, 6.07) is 7.86. The van der Waals surface area contributed by atoms with Crippen molar-refractivity contribution < 1.29 is 9.84 Å². The molecule has 2 rings (SSSR count). The third kappa shape index (κ3) is 1.94. The Morgan fingerprint density at radius 1 is 1.44 bits per heavy atom.